The van der Waals surface area contributed by atoms with Gasteiger partial charge in [0, 0.05) is 0 Å². The average molecular weight is 270 g/mol. The van der Waals surface area contributed by atoms with E-state index in [9.17, 15) is 0 Å². The lowest BCUT2D eigenvalue weighted by atomic mass is 9.93. The molecule has 0 nitrogen and oxygen atoms in total. The first-order valence-corrected chi connectivity index (χ1v) is 7.16. The smallest absolute Gasteiger partial charge is 0.0154 e. The first-order chi connectivity index (χ1) is 10.3. The minimum atomic E-state index is 1.07. The summed E-state index contributed by atoms with van der Waals surface area (Å²) in [6, 6.07) is 27.4. The maximum atomic E-state index is 4.24. The van der Waals surface area contributed by atoms with Gasteiger partial charge in [-0.3, -0.25) is 0 Å². The summed E-state index contributed by atoms with van der Waals surface area (Å²) in [5.41, 5.74) is 7.23. The van der Waals surface area contributed by atoms with E-state index >= 15 is 0 Å². The summed E-state index contributed by atoms with van der Waals surface area (Å²) in [4.78, 5) is 0. The molecule has 0 saturated heterocycles. The Morgan fingerprint density at radius 3 is 1.95 bits per heavy atom. The monoisotopic (exact) mass is 270 g/mol. The van der Waals surface area contributed by atoms with Crippen molar-refractivity contribution in [3.05, 3.63) is 102 Å². The Bertz CT molecular complexity index is 753. The molecule has 0 amide bonds. The fourth-order valence-electron chi connectivity index (χ4n) is 2.60. The quantitative estimate of drug-likeness (QED) is 0.570. The number of hydrogen-bond donors (Lipinski definition) is 0. The van der Waals surface area contributed by atoms with Gasteiger partial charge in [-0.15, -0.1) is 0 Å². The molecular formula is C21H18. The lowest BCUT2D eigenvalue weighted by Crippen LogP contribution is -1.89. The Morgan fingerprint density at radius 2 is 1.33 bits per heavy atom. The van der Waals surface area contributed by atoms with Crippen LogP contribution >= 0.6 is 0 Å². The summed E-state index contributed by atoms with van der Waals surface area (Å²) < 4.78 is 0. The fourth-order valence-corrected chi connectivity index (χ4v) is 2.60. The van der Waals surface area contributed by atoms with Gasteiger partial charge in [-0.05, 0) is 40.3 Å². The van der Waals surface area contributed by atoms with Crippen LogP contribution in [0.2, 0.25) is 0 Å². The normalized spacial score (nSPS) is 10.3. The van der Waals surface area contributed by atoms with Gasteiger partial charge in [0.25, 0.3) is 0 Å². The Kier molecular flexibility index (Phi) is 3.70. The maximum absolute atomic E-state index is 4.24. The van der Waals surface area contributed by atoms with Crippen LogP contribution in [0.3, 0.4) is 0 Å². The van der Waals surface area contributed by atoms with Crippen LogP contribution in [-0.2, 0) is 0 Å². The zero-order chi connectivity index (χ0) is 14.7. The van der Waals surface area contributed by atoms with Crippen LogP contribution < -0.4 is 0 Å². The van der Waals surface area contributed by atoms with Gasteiger partial charge in [-0.2, -0.15) is 0 Å². The highest BCUT2D eigenvalue weighted by atomic mass is 14.1. The predicted molar refractivity (Wildman–Crippen MR) is 91.2 cm³/mol. The number of hydrogen-bond acceptors (Lipinski definition) is 0. The molecule has 3 aromatic carbocycles. The second-order valence-electron chi connectivity index (χ2n) is 5.24. The van der Waals surface area contributed by atoms with E-state index in [1.165, 1.54) is 27.8 Å². The van der Waals surface area contributed by atoms with E-state index < -0.39 is 0 Å². The summed E-state index contributed by atoms with van der Waals surface area (Å²) >= 11 is 0. The van der Waals surface area contributed by atoms with Crippen LogP contribution in [0.4, 0.5) is 0 Å². The third-order valence-electron chi connectivity index (χ3n) is 3.78. The molecule has 0 aliphatic rings. The van der Waals surface area contributed by atoms with Gasteiger partial charge < -0.3 is 0 Å². The largest absolute Gasteiger partial charge is 0.0906 e. The van der Waals surface area contributed by atoms with Crippen LogP contribution in [0, 0.1) is 6.92 Å². The van der Waals surface area contributed by atoms with E-state index in [0.29, 0.717) is 0 Å². The molecule has 3 rings (SSSR count). The molecule has 0 aromatic heterocycles. The Balaban J connectivity index is 1.97. The van der Waals surface area contributed by atoms with E-state index in [1.807, 2.05) is 24.3 Å². The lowest BCUT2D eigenvalue weighted by molar-refractivity contribution is 1.43. The molecule has 0 radical (unpaired) electrons. The van der Waals surface area contributed by atoms with Crippen LogP contribution in [-0.4, -0.2) is 0 Å². The SMILES string of the molecule is C=C(c1ccccc1)c1ccc(-c2ccccc2)c(C)c1. The summed E-state index contributed by atoms with van der Waals surface area (Å²) in [5, 5.41) is 0. The molecule has 21 heavy (non-hydrogen) atoms. The van der Waals surface area contributed by atoms with Gasteiger partial charge in [-0.25, -0.2) is 0 Å². The molecule has 0 unspecified atom stereocenters. The molecule has 0 saturated carbocycles. The van der Waals surface area contributed by atoms with Crippen molar-refractivity contribution in [1.29, 1.82) is 0 Å². The zero-order valence-corrected chi connectivity index (χ0v) is 12.2. The van der Waals surface area contributed by atoms with Gasteiger partial charge in [0.2, 0.25) is 0 Å². The number of benzene rings is 3. The van der Waals surface area contributed by atoms with Gasteiger partial charge in [0.15, 0.2) is 0 Å². The molecule has 0 aliphatic carbocycles. The van der Waals surface area contributed by atoms with Gasteiger partial charge >= 0.3 is 0 Å². The molecule has 0 N–H and O–H groups in total. The maximum Gasteiger partial charge on any atom is -0.0154 e. The van der Waals surface area contributed by atoms with Crippen molar-refractivity contribution in [2.75, 3.05) is 0 Å². The molecule has 3 aromatic rings. The lowest BCUT2D eigenvalue weighted by Gasteiger charge is -2.11. The van der Waals surface area contributed by atoms with Crippen molar-refractivity contribution in [2.24, 2.45) is 0 Å². The molecule has 0 heteroatoms. The predicted octanol–water partition coefficient (Wildman–Crippen LogP) is 5.72. The third kappa shape index (κ3) is 2.80. The minimum Gasteiger partial charge on any atom is -0.0906 e. The molecule has 102 valence electrons. The summed E-state index contributed by atoms with van der Waals surface area (Å²) in [7, 11) is 0. The van der Waals surface area contributed by atoms with Crippen molar-refractivity contribution < 1.29 is 0 Å². The molecule has 0 spiro atoms. The van der Waals surface area contributed by atoms with Gasteiger partial charge in [0.1, 0.15) is 0 Å². The standard InChI is InChI=1S/C21H18/c1-16-15-20(17(2)18-9-5-3-6-10-18)13-14-21(16)19-11-7-4-8-12-19/h3-15H,2H2,1H3. The fraction of sp³-hybridized carbons (Fsp3) is 0.0476. The van der Waals surface area contributed by atoms with E-state index in [-0.39, 0.29) is 0 Å². The second-order valence-corrected chi connectivity index (χ2v) is 5.24. The van der Waals surface area contributed by atoms with Crippen molar-refractivity contribution in [3.8, 4) is 11.1 Å². The Morgan fingerprint density at radius 1 is 0.714 bits per heavy atom. The van der Waals surface area contributed by atoms with Crippen molar-refractivity contribution in [2.45, 2.75) is 6.92 Å². The molecule has 0 aliphatic heterocycles. The van der Waals surface area contributed by atoms with Crippen molar-refractivity contribution in [1.82, 2.24) is 0 Å². The van der Waals surface area contributed by atoms with E-state index in [2.05, 4.69) is 68.1 Å². The van der Waals surface area contributed by atoms with E-state index in [0.717, 1.165) is 5.57 Å². The first kappa shape index (κ1) is 13.4. The first-order valence-electron chi connectivity index (χ1n) is 7.16. The Labute approximate surface area is 126 Å². The highest BCUT2D eigenvalue weighted by molar-refractivity contribution is 5.80. The van der Waals surface area contributed by atoms with Gasteiger partial charge in [0.05, 0.1) is 0 Å². The average Bonchev–Trinajstić information content (AvgIpc) is 2.55. The summed E-state index contributed by atoms with van der Waals surface area (Å²) in [5.74, 6) is 0. The second kappa shape index (κ2) is 5.80. The minimum absolute atomic E-state index is 1.07. The highest BCUT2D eigenvalue weighted by Gasteiger charge is 2.06. The van der Waals surface area contributed by atoms with Crippen LogP contribution in [0.5, 0.6) is 0 Å². The third-order valence-corrected chi connectivity index (χ3v) is 3.78. The van der Waals surface area contributed by atoms with Crippen molar-refractivity contribution >= 4 is 5.57 Å². The van der Waals surface area contributed by atoms with E-state index in [1.54, 1.807) is 0 Å². The van der Waals surface area contributed by atoms with Crippen molar-refractivity contribution in [3.63, 3.8) is 0 Å². The van der Waals surface area contributed by atoms with Crippen LogP contribution in [0.1, 0.15) is 16.7 Å². The number of aryl methyl sites for hydroxylation is 1. The number of rotatable bonds is 3. The molecule has 0 fully saturated rings. The van der Waals surface area contributed by atoms with Crippen LogP contribution in [0.25, 0.3) is 16.7 Å². The summed E-state index contributed by atoms with van der Waals surface area (Å²) in [6.07, 6.45) is 0. The zero-order valence-electron chi connectivity index (χ0n) is 12.2. The van der Waals surface area contributed by atoms with Gasteiger partial charge in [-0.1, -0.05) is 85.4 Å². The molecule has 0 atom stereocenters. The highest BCUT2D eigenvalue weighted by Crippen LogP contribution is 2.28. The Hall–Kier alpha value is -2.60. The molecular weight excluding hydrogens is 252 g/mol. The van der Waals surface area contributed by atoms with Crippen LogP contribution in [0.15, 0.2) is 85.4 Å². The molecule has 0 bridgehead atoms. The topological polar surface area (TPSA) is 0 Å². The molecule has 0 heterocycles. The van der Waals surface area contributed by atoms with E-state index in [4.69, 9.17) is 0 Å². The summed E-state index contributed by atoms with van der Waals surface area (Å²) in [6.45, 7) is 6.40.